The van der Waals surface area contributed by atoms with Crippen molar-refractivity contribution in [3.8, 4) is 11.3 Å². The predicted octanol–water partition coefficient (Wildman–Crippen LogP) is 3.17. The highest BCUT2D eigenvalue weighted by atomic mass is 35.5. The SMILES string of the molecule is Cl.Cl.Cn1ccnc1C1CNCCN1C(=O)c1cccc(-c2cscn2)c1. The van der Waals surface area contributed by atoms with Crippen molar-refractivity contribution in [2.75, 3.05) is 19.6 Å². The van der Waals surface area contributed by atoms with Crippen LogP contribution in [0.5, 0.6) is 0 Å². The molecule has 1 aliphatic rings. The first kappa shape index (κ1) is 21.4. The van der Waals surface area contributed by atoms with Crippen LogP contribution in [-0.4, -0.2) is 45.0 Å². The number of rotatable bonds is 3. The summed E-state index contributed by atoms with van der Waals surface area (Å²) in [6, 6.07) is 7.63. The Morgan fingerprint density at radius 2 is 2.15 bits per heavy atom. The number of amides is 1. The second kappa shape index (κ2) is 9.32. The third-order valence-corrected chi connectivity index (χ3v) is 5.08. The molecular formula is C18H21Cl2N5OS. The van der Waals surface area contributed by atoms with E-state index < -0.39 is 0 Å². The molecule has 1 N–H and O–H groups in total. The minimum Gasteiger partial charge on any atom is -0.336 e. The van der Waals surface area contributed by atoms with Crippen LogP contribution >= 0.6 is 36.2 Å². The Hall–Kier alpha value is -1.93. The highest BCUT2D eigenvalue weighted by Crippen LogP contribution is 2.25. The van der Waals surface area contributed by atoms with E-state index in [1.54, 1.807) is 23.0 Å². The molecule has 1 aliphatic heterocycles. The molecule has 3 aromatic rings. The molecule has 1 atom stereocenters. The molecule has 0 radical (unpaired) electrons. The summed E-state index contributed by atoms with van der Waals surface area (Å²) in [5, 5.41) is 5.36. The van der Waals surface area contributed by atoms with Gasteiger partial charge >= 0.3 is 0 Å². The smallest absolute Gasteiger partial charge is 0.254 e. The first-order valence-corrected chi connectivity index (χ1v) is 9.16. The van der Waals surface area contributed by atoms with Gasteiger partial charge in [0, 0.05) is 55.6 Å². The molecule has 1 aromatic carbocycles. The molecule has 0 saturated carbocycles. The first-order valence-electron chi connectivity index (χ1n) is 8.21. The van der Waals surface area contributed by atoms with Crippen LogP contribution in [0.2, 0.25) is 0 Å². The van der Waals surface area contributed by atoms with Crippen LogP contribution in [0.15, 0.2) is 47.5 Å². The number of benzene rings is 1. The summed E-state index contributed by atoms with van der Waals surface area (Å²) in [4.78, 5) is 23.9. The van der Waals surface area contributed by atoms with Crippen molar-refractivity contribution in [2.24, 2.45) is 7.05 Å². The Bertz CT molecular complexity index is 884. The van der Waals surface area contributed by atoms with Gasteiger partial charge in [0.25, 0.3) is 5.91 Å². The maximum absolute atomic E-state index is 13.2. The van der Waals surface area contributed by atoms with E-state index in [1.165, 1.54) is 0 Å². The zero-order valence-corrected chi connectivity index (χ0v) is 17.2. The van der Waals surface area contributed by atoms with Gasteiger partial charge in [0.15, 0.2) is 0 Å². The fourth-order valence-electron chi connectivity index (χ4n) is 3.21. The van der Waals surface area contributed by atoms with Gasteiger partial charge in [0.05, 0.1) is 11.2 Å². The van der Waals surface area contributed by atoms with E-state index in [0.717, 1.165) is 23.6 Å². The van der Waals surface area contributed by atoms with Gasteiger partial charge in [-0.25, -0.2) is 9.97 Å². The summed E-state index contributed by atoms with van der Waals surface area (Å²) in [6.07, 6.45) is 3.69. The average molecular weight is 426 g/mol. The Labute approximate surface area is 174 Å². The quantitative estimate of drug-likeness (QED) is 0.699. The third kappa shape index (κ3) is 4.32. The van der Waals surface area contributed by atoms with Gasteiger partial charge in [-0.1, -0.05) is 12.1 Å². The largest absolute Gasteiger partial charge is 0.336 e. The van der Waals surface area contributed by atoms with Crippen LogP contribution in [0.25, 0.3) is 11.3 Å². The molecule has 4 rings (SSSR count). The van der Waals surface area contributed by atoms with Gasteiger partial charge < -0.3 is 14.8 Å². The van der Waals surface area contributed by atoms with E-state index in [1.807, 2.05) is 52.4 Å². The number of imidazole rings is 1. The molecule has 1 saturated heterocycles. The van der Waals surface area contributed by atoms with E-state index in [2.05, 4.69) is 15.3 Å². The second-order valence-electron chi connectivity index (χ2n) is 6.07. The van der Waals surface area contributed by atoms with Crippen LogP contribution in [0, 0.1) is 0 Å². The number of aromatic nitrogens is 3. The number of hydrogen-bond acceptors (Lipinski definition) is 5. The monoisotopic (exact) mass is 425 g/mol. The summed E-state index contributed by atoms with van der Waals surface area (Å²) >= 11 is 1.55. The number of carbonyl (C=O) groups excluding carboxylic acids is 1. The summed E-state index contributed by atoms with van der Waals surface area (Å²) in [7, 11) is 1.96. The van der Waals surface area contributed by atoms with Crippen LogP contribution in [0.1, 0.15) is 22.2 Å². The lowest BCUT2D eigenvalue weighted by molar-refractivity contribution is 0.0621. The molecule has 27 heavy (non-hydrogen) atoms. The fraction of sp³-hybridized carbons (Fsp3) is 0.278. The molecule has 6 nitrogen and oxygen atoms in total. The van der Waals surface area contributed by atoms with Gasteiger partial charge in [0.2, 0.25) is 0 Å². The number of nitrogens with zero attached hydrogens (tertiary/aromatic N) is 4. The zero-order chi connectivity index (χ0) is 17.2. The zero-order valence-electron chi connectivity index (χ0n) is 14.7. The number of piperazine rings is 1. The Morgan fingerprint density at radius 1 is 1.30 bits per heavy atom. The standard InChI is InChI=1S/C18H19N5OS.2ClH/c1-22-7-6-20-17(22)16-10-19-5-8-23(16)18(24)14-4-2-3-13(9-14)15-11-25-12-21-15;;/h2-4,6-7,9,11-12,16,19H,5,8,10H2,1H3;2*1H. The Kier molecular flexibility index (Phi) is 7.38. The lowest BCUT2D eigenvalue weighted by Gasteiger charge is -2.35. The summed E-state index contributed by atoms with van der Waals surface area (Å²) in [6.45, 7) is 2.16. The molecule has 2 aromatic heterocycles. The van der Waals surface area contributed by atoms with Gasteiger partial charge in [0.1, 0.15) is 11.9 Å². The first-order chi connectivity index (χ1) is 12.2. The van der Waals surface area contributed by atoms with Crippen LogP contribution in [-0.2, 0) is 7.05 Å². The molecule has 144 valence electrons. The minimum absolute atomic E-state index is 0. The molecule has 1 amide bonds. The van der Waals surface area contributed by atoms with Crippen molar-refractivity contribution in [1.29, 1.82) is 0 Å². The number of hydrogen-bond donors (Lipinski definition) is 1. The summed E-state index contributed by atoms with van der Waals surface area (Å²) in [5.74, 6) is 0.933. The van der Waals surface area contributed by atoms with E-state index >= 15 is 0 Å². The van der Waals surface area contributed by atoms with Crippen molar-refractivity contribution >= 4 is 42.1 Å². The van der Waals surface area contributed by atoms with Gasteiger partial charge in [-0.3, -0.25) is 4.79 Å². The number of nitrogens with one attached hydrogen (secondary N) is 1. The molecule has 9 heteroatoms. The number of aryl methyl sites for hydroxylation is 1. The molecule has 0 bridgehead atoms. The Balaban J connectivity index is 0.00000131. The van der Waals surface area contributed by atoms with Crippen molar-refractivity contribution in [3.63, 3.8) is 0 Å². The summed E-state index contributed by atoms with van der Waals surface area (Å²) < 4.78 is 1.98. The molecule has 1 unspecified atom stereocenters. The maximum atomic E-state index is 13.2. The molecule has 1 fully saturated rings. The van der Waals surface area contributed by atoms with Gasteiger partial charge in [-0.05, 0) is 12.1 Å². The van der Waals surface area contributed by atoms with Gasteiger partial charge in [-0.15, -0.1) is 36.2 Å². The van der Waals surface area contributed by atoms with Crippen molar-refractivity contribution in [1.82, 2.24) is 24.8 Å². The van der Waals surface area contributed by atoms with E-state index in [9.17, 15) is 4.79 Å². The fourth-order valence-corrected chi connectivity index (χ4v) is 3.77. The lowest BCUT2D eigenvalue weighted by atomic mass is 10.1. The Morgan fingerprint density at radius 3 is 2.85 bits per heavy atom. The minimum atomic E-state index is -0.0656. The molecule has 0 spiro atoms. The van der Waals surface area contributed by atoms with Crippen LogP contribution in [0.4, 0.5) is 0 Å². The number of carbonyl (C=O) groups is 1. The highest BCUT2D eigenvalue weighted by Gasteiger charge is 2.31. The predicted molar refractivity (Wildman–Crippen MR) is 112 cm³/mol. The summed E-state index contributed by atoms with van der Waals surface area (Å²) in [5.41, 5.74) is 4.36. The number of halogens is 2. The molecular weight excluding hydrogens is 405 g/mol. The van der Waals surface area contributed by atoms with E-state index in [-0.39, 0.29) is 36.8 Å². The normalized spacial score (nSPS) is 16.3. The van der Waals surface area contributed by atoms with Crippen molar-refractivity contribution in [3.05, 3.63) is 58.9 Å². The maximum Gasteiger partial charge on any atom is 0.254 e. The average Bonchev–Trinajstić information content (AvgIpc) is 3.33. The lowest BCUT2D eigenvalue weighted by Crippen LogP contribution is -2.49. The topological polar surface area (TPSA) is 63.1 Å². The van der Waals surface area contributed by atoms with Crippen molar-refractivity contribution in [2.45, 2.75) is 6.04 Å². The van der Waals surface area contributed by atoms with Gasteiger partial charge in [-0.2, -0.15) is 0 Å². The third-order valence-electron chi connectivity index (χ3n) is 4.50. The van der Waals surface area contributed by atoms with Crippen LogP contribution < -0.4 is 5.32 Å². The van der Waals surface area contributed by atoms with Crippen LogP contribution in [0.3, 0.4) is 0 Å². The van der Waals surface area contributed by atoms with Crippen molar-refractivity contribution < 1.29 is 4.79 Å². The van der Waals surface area contributed by atoms with E-state index in [0.29, 0.717) is 18.7 Å². The molecule has 3 heterocycles. The molecule has 0 aliphatic carbocycles. The highest BCUT2D eigenvalue weighted by molar-refractivity contribution is 7.07. The number of thiazole rings is 1. The second-order valence-corrected chi connectivity index (χ2v) is 6.79. The van der Waals surface area contributed by atoms with E-state index in [4.69, 9.17) is 0 Å².